The maximum absolute atomic E-state index is 12.5. The van der Waals surface area contributed by atoms with Crippen LogP contribution in [-0.2, 0) is 17.6 Å². The number of rotatable bonds is 7. The number of anilines is 2. The SMILES string of the molecule is Cc1sc(NC(=O)Cc2cccc(O)c2)nc1-c1ccc2c(c1)CCN2Sc1ccccc1[N+](=O)[O-]. The van der Waals surface area contributed by atoms with E-state index in [1.54, 1.807) is 42.5 Å². The summed E-state index contributed by atoms with van der Waals surface area (Å²) in [6.07, 6.45) is 0.974. The number of nitrogens with zero attached hydrogens (tertiary/aromatic N) is 3. The molecule has 0 radical (unpaired) electrons. The van der Waals surface area contributed by atoms with E-state index in [-0.39, 0.29) is 28.7 Å². The third kappa shape index (κ3) is 5.05. The zero-order valence-electron chi connectivity index (χ0n) is 19.3. The van der Waals surface area contributed by atoms with Crippen molar-refractivity contribution in [2.45, 2.75) is 24.7 Å². The van der Waals surface area contributed by atoms with Gasteiger partial charge in [-0.2, -0.15) is 0 Å². The van der Waals surface area contributed by atoms with Gasteiger partial charge in [-0.1, -0.05) is 30.3 Å². The molecule has 1 aliphatic rings. The Labute approximate surface area is 215 Å². The third-order valence-corrected chi connectivity index (χ3v) is 7.82. The van der Waals surface area contributed by atoms with Crippen LogP contribution in [0.15, 0.2) is 71.6 Å². The van der Waals surface area contributed by atoms with Crippen molar-refractivity contribution in [3.05, 3.63) is 92.8 Å². The lowest BCUT2D eigenvalue weighted by atomic mass is 10.1. The van der Waals surface area contributed by atoms with E-state index in [0.29, 0.717) is 10.0 Å². The standard InChI is InChI=1S/C26H22N4O4S2/c1-16-25(28-26(35-16)27-24(32)14-17-5-4-6-20(31)13-17)19-9-10-21-18(15-19)11-12-29(21)36-23-8-3-2-7-22(23)30(33)34/h2-10,13,15,31H,11-12,14H2,1H3,(H,27,28,32). The molecule has 0 bridgehead atoms. The summed E-state index contributed by atoms with van der Waals surface area (Å²) in [5, 5.41) is 24.4. The van der Waals surface area contributed by atoms with E-state index in [4.69, 9.17) is 0 Å². The van der Waals surface area contributed by atoms with Crippen molar-refractivity contribution in [2.75, 3.05) is 16.2 Å². The molecule has 0 spiro atoms. The van der Waals surface area contributed by atoms with Gasteiger partial charge in [-0.25, -0.2) is 4.98 Å². The Morgan fingerprint density at radius 1 is 1.19 bits per heavy atom. The largest absolute Gasteiger partial charge is 0.508 e. The van der Waals surface area contributed by atoms with E-state index in [2.05, 4.69) is 20.7 Å². The molecular formula is C26H22N4O4S2. The Morgan fingerprint density at radius 3 is 2.83 bits per heavy atom. The minimum absolute atomic E-state index is 0.101. The van der Waals surface area contributed by atoms with Crippen LogP contribution in [0.3, 0.4) is 0 Å². The number of amides is 1. The number of nitro benzene ring substituents is 1. The van der Waals surface area contributed by atoms with Gasteiger partial charge in [0, 0.05) is 23.1 Å². The van der Waals surface area contributed by atoms with Gasteiger partial charge in [0.15, 0.2) is 5.13 Å². The molecule has 0 atom stereocenters. The van der Waals surface area contributed by atoms with E-state index in [0.717, 1.165) is 45.9 Å². The molecule has 8 nitrogen and oxygen atoms in total. The molecule has 4 aromatic rings. The molecule has 1 amide bonds. The van der Waals surface area contributed by atoms with E-state index in [9.17, 15) is 20.0 Å². The van der Waals surface area contributed by atoms with Crippen LogP contribution in [0, 0.1) is 17.0 Å². The van der Waals surface area contributed by atoms with Crippen LogP contribution in [0.2, 0.25) is 0 Å². The molecule has 2 N–H and O–H groups in total. The monoisotopic (exact) mass is 518 g/mol. The summed E-state index contributed by atoms with van der Waals surface area (Å²) < 4.78 is 2.09. The van der Waals surface area contributed by atoms with Crippen LogP contribution < -0.4 is 9.62 Å². The highest BCUT2D eigenvalue weighted by Gasteiger charge is 2.24. The predicted octanol–water partition coefficient (Wildman–Crippen LogP) is 5.98. The Kier molecular flexibility index (Phi) is 6.62. The summed E-state index contributed by atoms with van der Waals surface area (Å²) in [6, 6.07) is 19.5. The van der Waals surface area contributed by atoms with Crippen LogP contribution in [0.25, 0.3) is 11.3 Å². The zero-order valence-corrected chi connectivity index (χ0v) is 20.9. The lowest BCUT2D eigenvalue weighted by molar-refractivity contribution is -0.387. The number of nitrogens with one attached hydrogen (secondary N) is 1. The number of thiazole rings is 1. The van der Waals surface area contributed by atoms with E-state index in [1.165, 1.54) is 29.4 Å². The maximum Gasteiger partial charge on any atom is 0.284 e. The first-order valence-corrected chi connectivity index (χ1v) is 12.8. The van der Waals surface area contributed by atoms with Gasteiger partial charge in [0.2, 0.25) is 5.91 Å². The number of phenolic OH excluding ortho intramolecular Hbond substituents is 1. The van der Waals surface area contributed by atoms with Crippen molar-refractivity contribution in [1.82, 2.24) is 4.98 Å². The van der Waals surface area contributed by atoms with Gasteiger partial charge < -0.3 is 14.7 Å². The second-order valence-corrected chi connectivity index (χ2v) is 10.6. The molecular weight excluding hydrogens is 496 g/mol. The van der Waals surface area contributed by atoms with E-state index < -0.39 is 0 Å². The molecule has 1 aromatic heterocycles. The lowest BCUT2D eigenvalue weighted by Gasteiger charge is -2.18. The fraction of sp³-hybridized carbons (Fsp3) is 0.154. The lowest BCUT2D eigenvalue weighted by Crippen LogP contribution is -2.14. The summed E-state index contributed by atoms with van der Waals surface area (Å²) >= 11 is 2.80. The number of nitro groups is 1. The quantitative estimate of drug-likeness (QED) is 0.176. The fourth-order valence-corrected chi connectivity index (χ4v) is 6.07. The summed E-state index contributed by atoms with van der Waals surface area (Å²) in [6.45, 7) is 2.73. The smallest absolute Gasteiger partial charge is 0.284 e. The Balaban J connectivity index is 1.31. The number of benzene rings is 3. The number of aryl methyl sites for hydroxylation is 1. The molecule has 0 saturated carbocycles. The van der Waals surface area contributed by atoms with E-state index in [1.807, 2.05) is 19.1 Å². The summed E-state index contributed by atoms with van der Waals surface area (Å²) in [4.78, 5) is 29.8. The van der Waals surface area contributed by atoms with Crippen LogP contribution in [0.1, 0.15) is 16.0 Å². The zero-order chi connectivity index (χ0) is 25.2. The van der Waals surface area contributed by atoms with Gasteiger partial charge in [0.1, 0.15) is 10.6 Å². The molecule has 0 saturated heterocycles. The fourth-order valence-electron chi connectivity index (χ4n) is 4.15. The first-order valence-electron chi connectivity index (χ1n) is 11.2. The van der Waals surface area contributed by atoms with Gasteiger partial charge in [-0.3, -0.25) is 14.9 Å². The number of fused-ring (bicyclic) bond motifs is 1. The Morgan fingerprint density at radius 2 is 2.03 bits per heavy atom. The van der Waals surface area contributed by atoms with Gasteiger partial charge in [0.25, 0.3) is 5.69 Å². The molecule has 0 aliphatic carbocycles. The van der Waals surface area contributed by atoms with Crippen LogP contribution in [0.5, 0.6) is 5.75 Å². The number of aromatic hydroxyl groups is 1. The van der Waals surface area contributed by atoms with Crippen LogP contribution in [-0.4, -0.2) is 27.5 Å². The van der Waals surface area contributed by atoms with Gasteiger partial charge in [-0.05, 0) is 66.8 Å². The third-order valence-electron chi connectivity index (χ3n) is 5.79. The molecule has 10 heteroatoms. The highest BCUT2D eigenvalue weighted by atomic mass is 32.2. The van der Waals surface area contributed by atoms with Gasteiger partial charge in [-0.15, -0.1) is 11.3 Å². The minimum Gasteiger partial charge on any atom is -0.508 e. The number of carbonyl (C=O) groups is 1. The summed E-state index contributed by atoms with van der Waals surface area (Å²) in [7, 11) is 0. The number of para-hydroxylation sites is 1. The molecule has 5 rings (SSSR count). The highest BCUT2D eigenvalue weighted by molar-refractivity contribution is 8.00. The summed E-state index contributed by atoms with van der Waals surface area (Å²) in [5.41, 5.74) is 4.80. The topological polar surface area (TPSA) is 109 Å². The van der Waals surface area contributed by atoms with E-state index >= 15 is 0 Å². The maximum atomic E-state index is 12.5. The number of phenols is 1. The van der Waals surface area contributed by atoms with Crippen molar-refractivity contribution >= 4 is 45.7 Å². The van der Waals surface area contributed by atoms with Crippen molar-refractivity contribution < 1.29 is 14.8 Å². The second-order valence-electron chi connectivity index (χ2n) is 8.33. The molecule has 2 heterocycles. The number of carbonyl (C=O) groups excluding carboxylic acids is 1. The number of aromatic nitrogens is 1. The highest BCUT2D eigenvalue weighted by Crippen LogP contribution is 2.41. The summed E-state index contributed by atoms with van der Waals surface area (Å²) in [5.74, 6) is -0.0687. The average Bonchev–Trinajstić information content (AvgIpc) is 3.41. The second kappa shape index (κ2) is 10.00. The van der Waals surface area contributed by atoms with Gasteiger partial charge in [0.05, 0.1) is 22.7 Å². The van der Waals surface area contributed by atoms with Crippen molar-refractivity contribution in [3.8, 4) is 17.0 Å². The van der Waals surface area contributed by atoms with Crippen molar-refractivity contribution in [3.63, 3.8) is 0 Å². The van der Waals surface area contributed by atoms with Crippen LogP contribution in [0.4, 0.5) is 16.5 Å². The number of hydrogen-bond acceptors (Lipinski definition) is 8. The van der Waals surface area contributed by atoms with Crippen molar-refractivity contribution in [1.29, 1.82) is 0 Å². The molecule has 3 aromatic carbocycles. The van der Waals surface area contributed by atoms with Crippen molar-refractivity contribution in [2.24, 2.45) is 0 Å². The van der Waals surface area contributed by atoms with Gasteiger partial charge >= 0.3 is 0 Å². The normalized spacial score (nSPS) is 12.4. The molecule has 1 aliphatic heterocycles. The number of hydrogen-bond donors (Lipinski definition) is 2. The predicted molar refractivity (Wildman–Crippen MR) is 143 cm³/mol. The first kappa shape index (κ1) is 23.8. The average molecular weight is 519 g/mol. The molecule has 36 heavy (non-hydrogen) atoms. The molecule has 0 unspecified atom stereocenters. The Bertz CT molecular complexity index is 1470. The minimum atomic E-state index is -0.354. The molecule has 182 valence electrons. The molecule has 0 fully saturated rings. The van der Waals surface area contributed by atoms with Crippen LogP contribution >= 0.6 is 23.3 Å². The Hall–Kier alpha value is -3.89. The first-order chi connectivity index (χ1) is 17.4.